The molecule has 19 heavy (non-hydrogen) atoms. The summed E-state index contributed by atoms with van der Waals surface area (Å²) >= 11 is 0. The number of Topliss-reactive ketones (excluding diaryl/α,β-unsaturated/α-hetero) is 1. The molecule has 1 aromatic carbocycles. The third-order valence-corrected chi connectivity index (χ3v) is 2.88. The van der Waals surface area contributed by atoms with E-state index < -0.39 is 0 Å². The summed E-state index contributed by atoms with van der Waals surface area (Å²) in [6.07, 6.45) is -0.355. The molecule has 1 N–H and O–H groups in total. The molecule has 0 fully saturated rings. The van der Waals surface area contributed by atoms with Gasteiger partial charge in [-0.05, 0) is 31.2 Å². The molecule has 1 atom stereocenters. The summed E-state index contributed by atoms with van der Waals surface area (Å²) in [4.78, 5) is 12.1. The van der Waals surface area contributed by atoms with Gasteiger partial charge in [0.2, 0.25) is 0 Å². The summed E-state index contributed by atoms with van der Waals surface area (Å²) in [5.74, 6) is 0.754. The summed E-state index contributed by atoms with van der Waals surface area (Å²) in [5.41, 5.74) is 0.646. The zero-order valence-electron chi connectivity index (χ0n) is 11.8. The van der Waals surface area contributed by atoms with Crippen LogP contribution in [0.15, 0.2) is 24.3 Å². The van der Waals surface area contributed by atoms with Crippen LogP contribution in [-0.4, -0.2) is 46.0 Å². The van der Waals surface area contributed by atoms with Gasteiger partial charge in [-0.25, -0.2) is 0 Å². The van der Waals surface area contributed by atoms with Gasteiger partial charge in [0.1, 0.15) is 5.75 Å². The average Bonchev–Trinajstić information content (AvgIpc) is 2.47. The van der Waals surface area contributed by atoms with Gasteiger partial charge in [0.25, 0.3) is 0 Å². The number of hydrogen-bond donors (Lipinski definition) is 1. The maximum absolute atomic E-state index is 12.1. The number of rotatable bonds is 8. The van der Waals surface area contributed by atoms with Crippen molar-refractivity contribution in [2.75, 3.05) is 27.9 Å². The van der Waals surface area contributed by atoms with Crippen LogP contribution in [0.25, 0.3) is 0 Å². The van der Waals surface area contributed by atoms with Crippen molar-refractivity contribution in [1.29, 1.82) is 0 Å². The van der Waals surface area contributed by atoms with Gasteiger partial charge in [-0.3, -0.25) is 4.79 Å². The monoisotopic (exact) mass is 267 g/mol. The topological polar surface area (TPSA) is 56.8 Å². The molecule has 0 aliphatic carbocycles. The van der Waals surface area contributed by atoms with E-state index in [-0.39, 0.29) is 18.1 Å². The molecular formula is C14H21NO4. The Morgan fingerprint density at radius 2 is 1.74 bits per heavy atom. The lowest BCUT2D eigenvalue weighted by atomic mass is 10.1. The molecule has 0 aliphatic rings. The molecule has 106 valence electrons. The molecule has 5 nitrogen and oxygen atoms in total. The van der Waals surface area contributed by atoms with Crippen molar-refractivity contribution in [3.63, 3.8) is 0 Å². The number of nitrogens with one attached hydrogen (secondary N) is 1. The quantitative estimate of drug-likeness (QED) is 0.571. The van der Waals surface area contributed by atoms with Crippen LogP contribution in [0.2, 0.25) is 0 Å². The number of benzene rings is 1. The molecule has 0 heterocycles. The standard InChI is InChI=1S/C14H21NO4/c1-10(15-9-13(18-3)19-4)14(16)11-5-7-12(17-2)8-6-11/h5-8,10,13,15H,9H2,1-4H3. The van der Waals surface area contributed by atoms with Crippen LogP contribution < -0.4 is 10.1 Å². The zero-order chi connectivity index (χ0) is 14.3. The highest BCUT2D eigenvalue weighted by molar-refractivity contribution is 5.99. The summed E-state index contributed by atoms with van der Waals surface area (Å²) in [5, 5.41) is 3.08. The van der Waals surface area contributed by atoms with Crippen LogP contribution in [0.4, 0.5) is 0 Å². The summed E-state index contributed by atoms with van der Waals surface area (Å²) in [7, 11) is 4.72. The van der Waals surface area contributed by atoms with E-state index >= 15 is 0 Å². The average molecular weight is 267 g/mol. The predicted molar refractivity (Wildman–Crippen MR) is 72.6 cm³/mol. The Balaban J connectivity index is 2.55. The molecule has 1 unspecified atom stereocenters. The highest BCUT2D eigenvalue weighted by Crippen LogP contribution is 2.12. The third-order valence-electron chi connectivity index (χ3n) is 2.88. The number of ketones is 1. The smallest absolute Gasteiger partial charge is 0.179 e. The highest BCUT2D eigenvalue weighted by atomic mass is 16.7. The second-order valence-electron chi connectivity index (χ2n) is 4.12. The fraction of sp³-hybridized carbons (Fsp3) is 0.500. The summed E-state index contributed by atoms with van der Waals surface area (Å²) in [6.45, 7) is 2.27. The molecule has 0 aromatic heterocycles. The van der Waals surface area contributed by atoms with E-state index in [1.807, 2.05) is 6.92 Å². The molecule has 0 aliphatic heterocycles. The minimum atomic E-state index is -0.355. The molecular weight excluding hydrogens is 246 g/mol. The molecule has 0 spiro atoms. The molecule has 0 saturated heterocycles. The minimum absolute atomic E-state index is 0.0219. The third kappa shape index (κ3) is 4.63. The van der Waals surface area contributed by atoms with Gasteiger partial charge < -0.3 is 19.5 Å². The van der Waals surface area contributed by atoms with Crippen molar-refractivity contribution in [3.05, 3.63) is 29.8 Å². The Bertz CT molecular complexity index is 387. The van der Waals surface area contributed by atoms with Crippen LogP contribution in [0, 0.1) is 0 Å². The van der Waals surface area contributed by atoms with Crippen LogP contribution in [0.3, 0.4) is 0 Å². The molecule has 0 bridgehead atoms. The van der Waals surface area contributed by atoms with Crippen molar-refractivity contribution in [3.8, 4) is 5.75 Å². The lowest BCUT2D eigenvalue weighted by Crippen LogP contribution is -2.40. The van der Waals surface area contributed by atoms with E-state index in [1.54, 1.807) is 45.6 Å². The van der Waals surface area contributed by atoms with E-state index in [1.165, 1.54) is 0 Å². The van der Waals surface area contributed by atoms with E-state index in [0.717, 1.165) is 5.75 Å². The lowest BCUT2D eigenvalue weighted by molar-refractivity contribution is -0.0992. The van der Waals surface area contributed by atoms with E-state index in [2.05, 4.69) is 5.32 Å². The number of methoxy groups -OCH3 is 3. The first-order chi connectivity index (χ1) is 9.12. The van der Waals surface area contributed by atoms with Gasteiger partial charge in [-0.1, -0.05) is 0 Å². The SMILES string of the molecule is COc1ccc(C(=O)C(C)NCC(OC)OC)cc1. The molecule has 0 radical (unpaired) electrons. The minimum Gasteiger partial charge on any atom is -0.497 e. The second kappa shape index (κ2) is 7.89. The van der Waals surface area contributed by atoms with Gasteiger partial charge in [-0.15, -0.1) is 0 Å². The van der Waals surface area contributed by atoms with Crippen molar-refractivity contribution < 1.29 is 19.0 Å². The van der Waals surface area contributed by atoms with Crippen LogP contribution in [0.5, 0.6) is 5.75 Å². The maximum Gasteiger partial charge on any atom is 0.179 e. The number of hydrogen-bond acceptors (Lipinski definition) is 5. The van der Waals surface area contributed by atoms with Crippen LogP contribution in [-0.2, 0) is 9.47 Å². The molecule has 0 amide bonds. The van der Waals surface area contributed by atoms with Gasteiger partial charge in [-0.2, -0.15) is 0 Å². The summed E-state index contributed by atoms with van der Waals surface area (Å²) in [6, 6.07) is 6.74. The first-order valence-corrected chi connectivity index (χ1v) is 6.09. The molecule has 1 rings (SSSR count). The Hall–Kier alpha value is -1.43. The van der Waals surface area contributed by atoms with Crippen LogP contribution >= 0.6 is 0 Å². The van der Waals surface area contributed by atoms with Crippen LogP contribution in [0.1, 0.15) is 17.3 Å². The largest absolute Gasteiger partial charge is 0.497 e. The molecule has 5 heteroatoms. The zero-order valence-corrected chi connectivity index (χ0v) is 11.8. The Morgan fingerprint density at radius 3 is 2.21 bits per heavy atom. The molecule has 1 aromatic rings. The van der Waals surface area contributed by atoms with Gasteiger partial charge in [0.05, 0.1) is 13.2 Å². The first-order valence-electron chi connectivity index (χ1n) is 6.09. The van der Waals surface area contributed by atoms with Crippen molar-refractivity contribution in [1.82, 2.24) is 5.32 Å². The van der Waals surface area contributed by atoms with Crippen molar-refractivity contribution in [2.45, 2.75) is 19.3 Å². The number of carbonyl (C=O) groups excluding carboxylic acids is 1. The second-order valence-corrected chi connectivity index (χ2v) is 4.12. The number of ether oxygens (including phenoxy) is 3. The van der Waals surface area contributed by atoms with E-state index in [4.69, 9.17) is 14.2 Å². The number of carbonyl (C=O) groups is 1. The summed E-state index contributed by atoms with van der Waals surface area (Å²) < 4.78 is 15.2. The molecule has 0 saturated carbocycles. The first kappa shape index (κ1) is 15.6. The van der Waals surface area contributed by atoms with E-state index in [9.17, 15) is 4.79 Å². The normalized spacial score (nSPS) is 12.5. The fourth-order valence-electron chi connectivity index (χ4n) is 1.63. The lowest BCUT2D eigenvalue weighted by Gasteiger charge is -2.18. The Labute approximate surface area is 113 Å². The van der Waals surface area contributed by atoms with E-state index in [0.29, 0.717) is 12.1 Å². The van der Waals surface area contributed by atoms with Crippen molar-refractivity contribution in [2.24, 2.45) is 0 Å². The highest BCUT2D eigenvalue weighted by Gasteiger charge is 2.16. The Morgan fingerprint density at radius 1 is 1.16 bits per heavy atom. The maximum atomic E-state index is 12.1. The fourth-order valence-corrected chi connectivity index (χ4v) is 1.63. The Kier molecular flexibility index (Phi) is 6.49. The van der Waals surface area contributed by atoms with Crippen molar-refractivity contribution >= 4 is 5.78 Å². The van der Waals surface area contributed by atoms with Gasteiger partial charge in [0.15, 0.2) is 12.1 Å². The van der Waals surface area contributed by atoms with Gasteiger partial charge >= 0.3 is 0 Å². The van der Waals surface area contributed by atoms with Gasteiger partial charge in [0, 0.05) is 26.3 Å². The predicted octanol–water partition coefficient (Wildman–Crippen LogP) is 1.47.